The molecule has 0 amide bonds. The third kappa shape index (κ3) is 10.5. The van der Waals surface area contributed by atoms with Crippen molar-refractivity contribution in [1.29, 1.82) is 0 Å². The molecule has 0 bridgehead atoms. The lowest BCUT2D eigenvalue weighted by Gasteiger charge is -2.35. The average molecular weight is 673 g/mol. The van der Waals surface area contributed by atoms with Gasteiger partial charge < -0.3 is 4.74 Å². The SMILES string of the molecule is CCCCCCCCOc1ccc(-c2ccc(-c3ccc(C4=CCC(C5CCC(CCCCCCC)CC5)CC4)c(F)c3)cc2)c(F)c1F. The number of allylic oxidation sites excluding steroid dienone is 2. The lowest BCUT2D eigenvalue weighted by molar-refractivity contribution is 0.187. The number of rotatable bonds is 18. The van der Waals surface area contributed by atoms with E-state index in [0.717, 1.165) is 73.0 Å². The van der Waals surface area contributed by atoms with Crippen molar-refractivity contribution in [3.8, 4) is 28.0 Å². The van der Waals surface area contributed by atoms with E-state index in [0.29, 0.717) is 17.7 Å². The highest BCUT2D eigenvalue weighted by atomic mass is 19.2. The molecule has 1 atom stereocenters. The van der Waals surface area contributed by atoms with E-state index in [2.05, 4.69) is 19.9 Å². The summed E-state index contributed by atoms with van der Waals surface area (Å²) in [5.74, 6) is 0.396. The van der Waals surface area contributed by atoms with Crippen LogP contribution in [0.2, 0.25) is 0 Å². The minimum absolute atomic E-state index is 0.0449. The Labute approximate surface area is 294 Å². The molecule has 49 heavy (non-hydrogen) atoms. The molecule has 4 heteroatoms. The number of benzene rings is 3. The first-order valence-electron chi connectivity index (χ1n) is 19.7. The molecule has 0 aromatic heterocycles. The van der Waals surface area contributed by atoms with Crippen molar-refractivity contribution in [1.82, 2.24) is 0 Å². The molecular formula is C45H59F3O. The van der Waals surface area contributed by atoms with Crippen molar-refractivity contribution in [3.05, 3.63) is 83.7 Å². The van der Waals surface area contributed by atoms with Gasteiger partial charge in [0.05, 0.1) is 6.61 Å². The Bertz CT molecular complexity index is 1470. The molecule has 0 heterocycles. The lowest BCUT2D eigenvalue weighted by atomic mass is 9.70. The van der Waals surface area contributed by atoms with Crippen LogP contribution in [0, 0.1) is 35.2 Å². The number of hydrogen-bond donors (Lipinski definition) is 0. The van der Waals surface area contributed by atoms with E-state index < -0.39 is 11.6 Å². The van der Waals surface area contributed by atoms with E-state index in [-0.39, 0.29) is 17.1 Å². The molecule has 0 radical (unpaired) electrons. The second-order valence-electron chi connectivity index (χ2n) is 14.9. The van der Waals surface area contributed by atoms with Crippen molar-refractivity contribution >= 4 is 5.57 Å². The second kappa shape index (κ2) is 19.4. The zero-order valence-corrected chi connectivity index (χ0v) is 30.2. The molecule has 1 fully saturated rings. The quantitative estimate of drug-likeness (QED) is 0.122. The van der Waals surface area contributed by atoms with E-state index in [9.17, 15) is 4.39 Å². The van der Waals surface area contributed by atoms with Crippen LogP contribution in [0.5, 0.6) is 5.75 Å². The topological polar surface area (TPSA) is 9.23 Å². The maximum atomic E-state index is 15.5. The van der Waals surface area contributed by atoms with Gasteiger partial charge in [0.1, 0.15) is 5.82 Å². The zero-order chi connectivity index (χ0) is 34.4. The summed E-state index contributed by atoms with van der Waals surface area (Å²) in [6.45, 7) is 4.84. The van der Waals surface area contributed by atoms with Gasteiger partial charge in [-0.3, -0.25) is 0 Å². The Balaban J connectivity index is 1.12. The summed E-state index contributed by atoms with van der Waals surface area (Å²) in [5.41, 5.74) is 4.20. The van der Waals surface area contributed by atoms with E-state index in [1.165, 1.54) is 89.5 Å². The van der Waals surface area contributed by atoms with Crippen LogP contribution in [0.4, 0.5) is 13.2 Å². The molecule has 1 saturated carbocycles. The Hall–Kier alpha value is -3.01. The van der Waals surface area contributed by atoms with E-state index in [1.54, 1.807) is 24.3 Å². The summed E-state index contributed by atoms with van der Waals surface area (Å²) in [6, 6.07) is 15.8. The molecule has 3 aromatic rings. The fourth-order valence-electron chi connectivity index (χ4n) is 8.24. The van der Waals surface area contributed by atoms with Gasteiger partial charge in [-0.15, -0.1) is 0 Å². The monoisotopic (exact) mass is 672 g/mol. The summed E-state index contributed by atoms with van der Waals surface area (Å²) < 4.78 is 51.0. The zero-order valence-electron chi connectivity index (χ0n) is 30.2. The van der Waals surface area contributed by atoms with Crippen LogP contribution in [0.25, 0.3) is 27.8 Å². The summed E-state index contributed by atoms with van der Waals surface area (Å²) in [6.07, 6.45) is 26.0. The van der Waals surface area contributed by atoms with Gasteiger partial charge in [0.15, 0.2) is 11.6 Å². The second-order valence-corrected chi connectivity index (χ2v) is 14.9. The maximum Gasteiger partial charge on any atom is 0.201 e. The third-order valence-corrected chi connectivity index (χ3v) is 11.4. The third-order valence-electron chi connectivity index (χ3n) is 11.4. The number of halogens is 3. The Kier molecular flexibility index (Phi) is 14.7. The van der Waals surface area contributed by atoms with Gasteiger partial charge in [0, 0.05) is 11.1 Å². The van der Waals surface area contributed by atoms with Gasteiger partial charge >= 0.3 is 0 Å². The van der Waals surface area contributed by atoms with Gasteiger partial charge in [0.2, 0.25) is 5.82 Å². The van der Waals surface area contributed by atoms with Gasteiger partial charge in [-0.2, -0.15) is 4.39 Å². The molecule has 0 saturated heterocycles. The largest absolute Gasteiger partial charge is 0.490 e. The van der Waals surface area contributed by atoms with E-state index >= 15 is 8.78 Å². The molecule has 266 valence electrons. The van der Waals surface area contributed by atoms with Gasteiger partial charge in [-0.1, -0.05) is 140 Å². The summed E-state index contributed by atoms with van der Waals surface area (Å²) in [7, 11) is 0. The van der Waals surface area contributed by atoms with Crippen LogP contribution < -0.4 is 4.74 Å². The van der Waals surface area contributed by atoms with Crippen molar-refractivity contribution in [3.63, 3.8) is 0 Å². The molecule has 0 spiro atoms. The number of unbranched alkanes of at least 4 members (excludes halogenated alkanes) is 9. The van der Waals surface area contributed by atoms with Crippen molar-refractivity contribution in [2.24, 2.45) is 17.8 Å². The molecule has 2 aliphatic rings. The van der Waals surface area contributed by atoms with Crippen LogP contribution in [0.1, 0.15) is 141 Å². The molecule has 5 rings (SSSR count). The molecule has 1 unspecified atom stereocenters. The highest BCUT2D eigenvalue weighted by molar-refractivity contribution is 5.74. The van der Waals surface area contributed by atoms with Crippen molar-refractivity contribution in [2.45, 2.75) is 136 Å². The maximum absolute atomic E-state index is 15.5. The molecule has 1 nitrogen and oxygen atoms in total. The lowest BCUT2D eigenvalue weighted by Crippen LogP contribution is -2.23. The minimum atomic E-state index is -0.954. The molecule has 0 aliphatic heterocycles. The first-order valence-corrected chi connectivity index (χ1v) is 19.7. The predicted molar refractivity (Wildman–Crippen MR) is 200 cm³/mol. The van der Waals surface area contributed by atoms with Crippen molar-refractivity contribution in [2.75, 3.05) is 6.61 Å². The minimum Gasteiger partial charge on any atom is -0.490 e. The molecule has 3 aromatic carbocycles. The molecular weight excluding hydrogens is 613 g/mol. The first kappa shape index (κ1) is 37.3. The molecule has 0 N–H and O–H groups in total. The van der Waals surface area contributed by atoms with Crippen LogP contribution in [-0.2, 0) is 0 Å². The van der Waals surface area contributed by atoms with Crippen LogP contribution >= 0.6 is 0 Å². The molecule has 2 aliphatic carbocycles. The first-order chi connectivity index (χ1) is 24.0. The van der Waals surface area contributed by atoms with Crippen molar-refractivity contribution < 1.29 is 17.9 Å². The Morgan fingerprint density at radius 3 is 1.90 bits per heavy atom. The highest BCUT2D eigenvalue weighted by Gasteiger charge is 2.29. The van der Waals surface area contributed by atoms with Gasteiger partial charge in [-0.05, 0) is 96.7 Å². The van der Waals surface area contributed by atoms with Gasteiger partial charge in [0.25, 0.3) is 0 Å². The van der Waals surface area contributed by atoms with Crippen LogP contribution in [0.3, 0.4) is 0 Å². The Morgan fingerprint density at radius 2 is 1.22 bits per heavy atom. The number of ether oxygens (including phenoxy) is 1. The smallest absolute Gasteiger partial charge is 0.201 e. The van der Waals surface area contributed by atoms with Crippen LogP contribution in [0.15, 0.2) is 60.7 Å². The van der Waals surface area contributed by atoms with E-state index in [4.69, 9.17) is 4.74 Å². The summed E-state index contributed by atoms with van der Waals surface area (Å²) in [5, 5.41) is 0. The Morgan fingerprint density at radius 1 is 0.592 bits per heavy atom. The number of hydrogen-bond acceptors (Lipinski definition) is 1. The fraction of sp³-hybridized carbons (Fsp3) is 0.556. The highest BCUT2D eigenvalue weighted by Crippen LogP contribution is 2.43. The average Bonchev–Trinajstić information content (AvgIpc) is 3.13. The normalized spacial score (nSPS) is 19.5. The predicted octanol–water partition coefficient (Wildman–Crippen LogP) is 14.5. The summed E-state index contributed by atoms with van der Waals surface area (Å²) in [4.78, 5) is 0. The van der Waals surface area contributed by atoms with E-state index in [1.807, 2.05) is 24.3 Å². The van der Waals surface area contributed by atoms with Gasteiger partial charge in [-0.25, -0.2) is 8.78 Å². The summed E-state index contributed by atoms with van der Waals surface area (Å²) >= 11 is 0. The fourth-order valence-corrected chi connectivity index (χ4v) is 8.24. The standard InChI is InChI=1S/C45H59F3O/c1-3-5-7-9-11-13-31-49-43-30-29-41(44(47)45(43)48)38-25-21-36(22-26-38)39-27-28-40(42(46)32-39)37-23-19-35(20-24-37)34-17-15-33(16-18-34)14-12-10-8-6-4-2/h21-23,25-30,32-35H,3-20,24,31H2,1-2H3. The van der Waals surface area contributed by atoms with Crippen LogP contribution in [-0.4, -0.2) is 6.61 Å².